The molecule has 0 aromatic heterocycles. The average Bonchev–Trinajstić information content (AvgIpc) is 2.20. The van der Waals surface area contributed by atoms with Crippen molar-refractivity contribution in [1.29, 1.82) is 0 Å². The SMILES string of the molecule is C=CCC(C)(CCC)c1ccccc1. The molecule has 0 nitrogen and oxygen atoms in total. The van der Waals surface area contributed by atoms with Crippen LogP contribution in [0.15, 0.2) is 43.0 Å². The largest absolute Gasteiger partial charge is 0.103 e. The van der Waals surface area contributed by atoms with Crippen LogP contribution in [0.3, 0.4) is 0 Å². The molecule has 0 saturated carbocycles. The van der Waals surface area contributed by atoms with Crippen LogP contribution in [0.2, 0.25) is 0 Å². The number of benzene rings is 1. The van der Waals surface area contributed by atoms with E-state index in [0.717, 1.165) is 6.42 Å². The molecule has 1 rings (SSSR count). The van der Waals surface area contributed by atoms with Gasteiger partial charge in [0.15, 0.2) is 0 Å². The lowest BCUT2D eigenvalue weighted by Gasteiger charge is -2.28. The van der Waals surface area contributed by atoms with E-state index in [2.05, 4.69) is 50.8 Å². The van der Waals surface area contributed by atoms with Crippen molar-refractivity contribution in [3.05, 3.63) is 48.6 Å². The standard InChI is InChI=1S/C14H20/c1-4-11-14(3,12-5-2)13-9-7-6-8-10-13/h4,6-10H,1,5,11-12H2,2-3H3. The van der Waals surface area contributed by atoms with Gasteiger partial charge in [0.1, 0.15) is 0 Å². The van der Waals surface area contributed by atoms with E-state index in [4.69, 9.17) is 0 Å². The smallest absolute Gasteiger partial charge is 0.00410 e. The van der Waals surface area contributed by atoms with Crippen LogP contribution in [0.5, 0.6) is 0 Å². The molecule has 1 atom stereocenters. The summed E-state index contributed by atoms with van der Waals surface area (Å²) in [6, 6.07) is 10.8. The van der Waals surface area contributed by atoms with Crippen molar-refractivity contribution in [1.82, 2.24) is 0 Å². The summed E-state index contributed by atoms with van der Waals surface area (Å²) in [6.45, 7) is 8.42. The van der Waals surface area contributed by atoms with Crippen LogP contribution in [0.1, 0.15) is 38.7 Å². The van der Waals surface area contributed by atoms with Gasteiger partial charge in [-0.2, -0.15) is 0 Å². The Morgan fingerprint density at radius 2 is 1.93 bits per heavy atom. The van der Waals surface area contributed by atoms with Crippen LogP contribution >= 0.6 is 0 Å². The highest BCUT2D eigenvalue weighted by molar-refractivity contribution is 5.25. The van der Waals surface area contributed by atoms with Crippen molar-refractivity contribution in [2.75, 3.05) is 0 Å². The molecule has 0 bridgehead atoms. The average molecular weight is 188 g/mol. The Morgan fingerprint density at radius 1 is 1.29 bits per heavy atom. The first-order valence-corrected chi connectivity index (χ1v) is 5.39. The van der Waals surface area contributed by atoms with E-state index in [9.17, 15) is 0 Å². The van der Waals surface area contributed by atoms with Crippen LogP contribution < -0.4 is 0 Å². The molecule has 0 heteroatoms. The summed E-state index contributed by atoms with van der Waals surface area (Å²) in [5, 5.41) is 0. The summed E-state index contributed by atoms with van der Waals surface area (Å²) in [5.74, 6) is 0. The molecule has 0 aliphatic carbocycles. The first-order valence-electron chi connectivity index (χ1n) is 5.39. The maximum absolute atomic E-state index is 3.85. The maximum atomic E-state index is 3.85. The van der Waals surface area contributed by atoms with Gasteiger partial charge >= 0.3 is 0 Å². The molecule has 0 fully saturated rings. The predicted molar refractivity (Wildman–Crippen MR) is 63.5 cm³/mol. The molecule has 0 aliphatic heterocycles. The van der Waals surface area contributed by atoms with E-state index in [1.54, 1.807) is 0 Å². The van der Waals surface area contributed by atoms with Crippen molar-refractivity contribution in [2.45, 2.75) is 38.5 Å². The third kappa shape index (κ3) is 2.47. The molecule has 0 saturated heterocycles. The molecule has 0 N–H and O–H groups in total. The highest BCUT2D eigenvalue weighted by Crippen LogP contribution is 2.32. The lowest BCUT2D eigenvalue weighted by Crippen LogP contribution is -2.20. The molecular weight excluding hydrogens is 168 g/mol. The first kappa shape index (κ1) is 11.0. The van der Waals surface area contributed by atoms with E-state index in [0.29, 0.717) is 0 Å². The molecule has 14 heavy (non-hydrogen) atoms. The van der Waals surface area contributed by atoms with E-state index in [1.165, 1.54) is 18.4 Å². The van der Waals surface area contributed by atoms with E-state index in [-0.39, 0.29) is 5.41 Å². The molecule has 0 heterocycles. The second-order valence-corrected chi connectivity index (χ2v) is 4.17. The van der Waals surface area contributed by atoms with Crippen LogP contribution in [-0.4, -0.2) is 0 Å². The maximum Gasteiger partial charge on any atom is -0.00410 e. The Kier molecular flexibility index (Phi) is 3.94. The van der Waals surface area contributed by atoms with Gasteiger partial charge in [-0.05, 0) is 23.8 Å². The normalized spacial score (nSPS) is 14.7. The molecule has 0 aliphatic rings. The van der Waals surface area contributed by atoms with Gasteiger partial charge in [-0.1, -0.05) is 56.7 Å². The van der Waals surface area contributed by atoms with Gasteiger partial charge in [0.05, 0.1) is 0 Å². The molecule has 1 aromatic carbocycles. The Bertz CT molecular complexity index is 273. The molecule has 76 valence electrons. The fourth-order valence-electron chi connectivity index (χ4n) is 2.08. The van der Waals surface area contributed by atoms with Crippen molar-refractivity contribution < 1.29 is 0 Å². The van der Waals surface area contributed by atoms with Crippen molar-refractivity contribution >= 4 is 0 Å². The summed E-state index contributed by atoms with van der Waals surface area (Å²) in [7, 11) is 0. The van der Waals surface area contributed by atoms with Gasteiger partial charge in [-0.25, -0.2) is 0 Å². The van der Waals surface area contributed by atoms with Crippen molar-refractivity contribution in [3.8, 4) is 0 Å². The fraction of sp³-hybridized carbons (Fsp3) is 0.429. The third-order valence-electron chi connectivity index (χ3n) is 2.87. The Labute approximate surface area is 87.7 Å². The zero-order valence-electron chi connectivity index (χ0n) is 9.29. The minimum atomic E-state index is 0.276. The minimum Gasteiger partial charge on any atom is -0.103 e. The lowest BCUT2D eigenvalue weighted by molar-refractivity contribution is 0.433. The zero-order valence-corrected chi connectivity index (χ0v) is 9.29. The van der Waals surface area contributed by atoms with Gasteiger partial charge in [0.25, 0.3) is 0 Å². The lowest BCUT2D eigenvalue weighted by atomic mass is 9.76. The minimum absolute atomic E-state index is 0.276. The van der Waals surface area contributed by atoms with Crippen molar-refractivity contribution in [3.63, 3.8) is 0 Å². The van der Waals surface area contributed by atoms with Gasteiger partial charge in [-0.3, -0.25) is 0 Å². The summed E-state index contributed by atoms with van der Waals surface area (Å²) in [6.07, 6.45) is 5.54. The zero-order chi connectivity index (χ0) is 10.4. The quantitative estimate of drug-likeness (QED) is 0.604. The van der Waals surface area contributed by atoms with Gasteiger partial charge in [0.2, 0.25) is 0 Å². The summed E-state index contributed by atoms with van der Waals surface area (Å²) in [4.78, 5) is 0. The first-order chi connectivity index (χ1) is 6.73. The molecule has 0 spiro atoms. The van der Waals surface area contributed by atoms with E-state index < -0.39 is 0 Å². The Morgan fingerprint density at radius 3 is 2.43 bits per heavy atom. The van der Waals surface area contributed by atoms with E-state index in [1.807, 2.05) is 6.08 Å². The summed E-state index contributed by atoms with van der Waals surface area (Å²) in [5.41, 5.74) is 1.71. The highest BCUT2D eigenvalue weighted by Gasteiger charge is 2.23. The van der Waals surface area contributed by atoms with Crippen LogP contribution in [0.25, 0.3) is 0 Å². The van der Waals surface area contributed by atoms with Gasteiger partial charge < -0.3 is 0 Å². The van der Waals surface area contributed by atoms with Gasteiger partial charge in [0, 0.05) is 0 Å². The fourth-order valence-corrected chi connectivity index (χ4v) is 2.08. The monoisotopic (exact) mass is 188 g/mol. The van der Waals surface area contributed by atoms with Crippen molar-refractivity contribution in [2.24, 2.45) is 0 Å². The summed E-state index contributed by atoms with van der Waals surface area (Å²) < 4.78 is 0. The van der Waals surface area contributed by atoms with E-state index >= 15 is 0 Å². The third-order valence-corrected chi connectivity index (χ3v) is 2.87. The number of hydrogen-bond acceptors (Lipinski definition) is 0. The molecule has 0 amide bonds. The molecule has 1 unspecified atom stereocenters. The predicted octanol–water partition coefficient (Wildman–Crippen LogP) is 4.32. The molecule has 1 aromatic rings. The summed E-state index contributed by atoms with van der Waals surface area (Å²) >= 11 is 0. The Hall–Kier alpha value is -1.04. The Balaban J connectivity index is 2.92. The second kappa shape index (κ2) is 4.99. The second-order valence-electron chi connectivity index (χ2n) is 4.17. The molecule has 0 radical (unpaired) electrons. The van der Waals surface area contributed by atoms with Crippen LogP contribution in [0.4, 0.5) is 0 Å². The highest BCUT2D eigenvalue weighted by atomic mass is 14.3. The number of rotatable bonds is 5. The van der Waals surface area contributed by atoms with Gasteiger partial charge in [-0.15, -0.1) is 6.58 Å². The van der Waals surface area contributed by atoms with Crippen LogP contribution in [0, 0.1) is 0 Å². The molecular formula is C14H20. The topological polar surface area (TPSA) is 0 Å². The number of allylic oxidation sites excluding steroid dienone is 1. The van der Waals surface area contributed by atoms with Crippen LogP contribution in [-0.2, 0) is 5.41 Å². The number of hydrogen-bond donors (Lipinski definition) is 0.